The third kappa shape index (κ3) is 5.93. The third-order valence-corrected chi connectivity index (χ3v) is 6.98. The molecule has 33 heavy (non-hydrogen) atoms. The first-order valence-electron chi connectivity index (χ1n) is 11.4. The van der Waals surface area contributed by atoms with Gasteiger partial charge in [-0.1, -0.05) is 25.1 Å². The summed E-state index contributed by atoms with van der Waals surface area (Å²) in [6.45, 7) is 2.62. The summed E-state index contributed by atoms with van der Waals surface area (Å²) in [5.41, 5.74) is 3.09. The lowest BCUT2D eigenvalue weighted by molar-refractivity contribution is -0.125. The molecule has 1 atom stereocenters. The molecule has 2 heterocycles. The second kappa shape index (κ2) is 10.8. The Hall–Kier alpha value is -2.87. The van der Waals surface area contributed by atoms with Crippen molar-refractivity contribution in [3.05, 3.63) is 59.4 Å². The largest absolute Gasteiger partial charge is 0.493 e. The van der Waals surface area contributed by atoms with Crippen LogP contribution in [0.15, 0.2) is 42.6 Å². The number of hydrogen-bond donors (Lipinski definition) is 0. The molecule has 0 spiro atoms. The average Bonchev–Trinajstić information content (AvgIpc) is 3.42. The standard InChI is InChI=1S/C25H28N2O5S/c1-2-17-7-10-19(26-16-17)13-14-31-20-11-8-18(9-12-20)15-22-23(28)27(25(30)33-22)24(29)32-21-5-3-4-6-21/h7-12,16,21-22H,2-6,13-15H2,1H3. The predicted octanol–water partition coefficient (Wildman–Crippen LogP) is 4.95. The molecule has 3 amide bonds. The van der Waals surface area contributed by atoms with Crippen LogP contribution in [0, 0.1) is 0 Å². The summed E-state index contributed by atoms with van der Waals surface area (Å²) in [5.74, 6) is 0.224. The van der Waals surface area contributed by atoms with Gasteiger partial charge in [-0.15, -0.1) is 0 Å². The van der Waals surface area contributed by atoms with Crippen LogP contribution in [0.4, 0.5) is 9.59 Å². The van der Waals surface area contributed by atoms with Gasteiger partial charge in [-0.3, -0.25) is 14.6 Å². The van der Waals surface area contributed by atoms with Gasteiger partial charge in [0.25, 0.3) is 11.1 Å². The molecule has 1 unspecified atom stereocenters. The van der Waals surface area contributed by atoms with Gasteiger partial charge < -0.3 is 9.47 Å². The molecule has 2 aliphatic rings. The minimum absolute atomic E-state index is 0.193. The Balaban J connectivity index is 1.26. The summed E-state index contributed by atoms with van der Waals surface area (Å²) in [6, 6.07) is 11.6. The Kier molecular flexibility index (Phi) is 7.65. The Morgan fingerprint density at radius 1 is 1.09 bits per heavy atom. The van der Waals surface area contributed by atoms with E-state index in [9.17, 15) is 14.4 Å². The summed E-state index contributed by atoms with van der Waals surface area (Å²) < 4.78 is 11.1. The Bertz CT molecular complexity index is 987. The molecule has 0 radical (unpaired) electrons. The third-order valence-electron chi connectivity index (χ3n) is 5.94. The van der Waals surface area contributed by atoms with Gasteiger partial charge in [-0.2, -0.15) is 4.90 Å². The van der Waals surface area contributed by atoms with Crippen molar-refractivity contribution in [2.45, 2.75) is 63.2 Å². The zero-order chi connectivity index (χ0) is 23.2. The molecule has 7 nitrogen and oxygen atoms in total. The first-order chi connectivity index (χ1) is 16.0. The number of ether oxygens (including phenoxy) is 2. The Morgan fingerprint density at radius 2 is 1.82 bits per heavy atom. The maximum Gasteiger partial charge on any atom is 0.424 e. The van der Waals surface area contributed by atoms with Crippen molar-refractivity contribution in [2.24, 2.45) is 0 Å². The van der Waals surface area contributed by atoms with Gasteiger partial charge >= 0.3 is 6.09 Å². The molecule has 1 aliphatic carbocycles. The second-order valence-corrected chi connectivity index (χ2v) is 9.45. The lowest BCUT2D eigenvalue weighted by Gasteiger charge is -2.16. The number of amides is 3. The SMILES string of the molecule is CCc1ccc(CCOc2ccc(CC3SC(=O)N(C(=O)OC4CCCC4)C3=O)cc2)nc1. The second-order valence-electron chi connectivity index (χ2n) is 8.29. The van der Waals surface area contributed by atoms with E-state index in [-0.39, 0.29) is 6.10 Å². The van der Waals surface area contributed by atoms with E-state index in [4.69, 9.17) is 9.47 Å². The van der Waals surface area contributed by atoms with E-state index in [1.807, 2.05) is 36.5 Å². The lowest BCUT2D eigenvalue weighted by atomic mass is 10.1. The van der Waals surface area contributed by atoms with Crippen molar-refractivity contribution in [3.63, 3.8) is 0 Å². The zero-order valence-electron chi connectivity index (χ0n) is 18.7. The van der Waals surface area contributed by atoms with Gasteiger partial charge in [0.1, 0.15) is 11.9 Å². The molecule has 2 fully saturated rings. The molecule has 8 heteroatoms. The van der Waals surface area contributed by atoms with Gasteiger partial charge in [-0.05, 0) is 79.6 Å². The van der Waals surface area contributed by atoms with E-state index >= 15 is 0 Å². The average molecular weight is 469 g/mol. The molecule has 1 aromatic heterocycles. The molecular formula is C25H28N2O5S. The zero-order valence-corrected chi connectivity index (χ0v) is 19.5. The van der Waals surface area contributed by atoms with Crippen molar-refractivity contribution in [3.8, 4) is 5.75 Å². The smallest absolute Gasteiger partial charge is 0.424 e. The van der Waals surface area contributed by atoms with E-state index in [2.05, 4.69) is 18.0 Å². The maximum absolute atomic E-state index is 12.7. The first-order valence-corrected chi connectivity index (χ1v) is 12.3. The molecule has 1 aliphatic heterocycles. The molecule has 2 aromatic rings. The van der Waals surface area contributed by atoms with Crippen molar-refractivity contribution >= 4 is 29.0 Å². The minimum atomic E-state index is -0.838. The topological polar surface area (TPSA) is 85.8 Å². The van der Waals surface area contributed by atoms with E-state index < -0.39 is 22.5 Å². The van der Waals surface area contributed by atoms with Crippen LogP contribution in [0.1, 0.15) is 49.4 Å². The Morgan fingerprint density at radius 3 is 2.48 bits per heavy atom. The maximum atomic E-state index is 12.7. The summed E-state index contributed by atoms with van der Waals surface area (Å²) in [4.78, 5) is 42.4. The van der Waals surface area contributed by atoms with Crippen LogP contribution in [0.2, 0.25) is 0 Å². The van der Waals surface area contributed by atoms with Gasteiger partial charge in [0.15, 0.2) is 0 Å². The van der Waals surface area contributed by atoms with Crippen molar-refractivity contribution in [2.75, 3.05) is 6.61 Å². The molecule has 174 valence electrons. The fraction of sp³-hybridized carbons (Fsp3) is 0.440. The molecule has 1 saturated heterocycles. The Labute approximate surface area is 197 Å². The number of nitrogens with zero attached hydrogens (tertiary/aromatic N) is 2. The number of imide groups is 3. The van der Waals surface area contributed by atoms with Crippen molar-refractivity contribution < 1.29 is 23.9 Å². The van der Waals surface area contributed by atoms with Crippen LogP contribution in [-0.2, 0) is 28.8 Å². The minimum Gasteiger partial charge on any atom is -0.493 e. The van der Waals surface area contributed by atoms with Crippen LogP contribution in [0.3, 0.4) is 0 Å². The highest BCUT2D eigenvalue weighted by Crippen LogP contribution is 2.31. The summed E-state index contributed by atoms with van der Waals surface area (Å²) in [6.07, 6.45) is 6.48. The van der Waals surface area contributed by atoms with Crippen molar-refractivity contribution in [1.29, 1.82) is 0 Å². The van der Waals surface area contributed by atoms with Gasteiger partial charge in [0.05, 0.1) is 11.9 Å². The van der Waals surface area contributed by atoms with Crippen LogP contribution in [0.25, 0.3) is 0 Å². The molecular weight excluding hydrogens is 440 g/mol. The number of rotatable bonds is 8. The highest BCUT2D eigenvalue weighted by Gasteiger charge is 2.45. The van der Waals surface area contributed by atoms with Gasteiger partial charge in [0.2, 0.25) is 0 Å². The summed E-state index contributed by atoms with van der Waals surface area (Å²) >= 11 is 0.879. The molecule has 0 bridgehead atoms. The van der Waals surface area contributed by atoms with Crippen molar-refractivity contribution in [1.82, 2.24) is 9.88 Å². The number of thioether (sulfide) groups is 1. The first kappa shape index (κ1) is 23.3. The number of hydrogen-bond acceptors (Lipinski definition) is 7. The van der Waals surface area contributed by atoms with E-state index in [0.717, 1.165) is 60.9 Å². The van der Waals surface area contributed by atoms with Crippen LogP contribution < -0.4 is 4.74 Å². The number of aryl methyl sites for hydroxylation is 1. The number of carbonyl (C=O) groups excluding carboxylic acids is 3. The highest BCUT2D eigenvalue weighted by molar-refractivity contribution is 8.15. The molecule has 1 aromatic carbocycles. The van der Waals surface area contributed by atoms with Gasteiger partial charge in [0, 0.05) is 18.3 Å². The molecule has 4 rings (SSSR count). The number of benzene rings is 1. The number of aromatic nitrogens is 1. The van der Waals surface area contributed by atoms with Crippen LogP contribution in [0.5, 0.6) is 5.75 Å². The van der Waals surface area contributed by atoms with Crippen LogP contribution in [-0.4, -0.2) is 45.1 Å². The lowest BCUT2D eigenvalue weighted by Crippen LogP contribution is -2.39. The quantitative estimate of drug-likeness (QED) is 0.542. The fourth-order valence-electron chi connectivity index (χ4n) is 3.98. The van der Waals surface area contributed by atoms with E-state index in [0.29, 0.717) is 24.3 Å². The van der Waals surface area contributed by atoms with E-state index in [1.54, 1.807) is 0 Å². The number of pyridine rings is 1. The predicted molar refractivity (Wildman–Crippen MR) is 125 cm³/mol. The van der Waals surface area contributed by atoms with Gasteiger partial charge in [-0.25, -0.2) is 4.79 Å². The molecule has 0 N–H and O–H groups in total. The molecule has 1 saturated carbocycles. The monoisotopic (exact) mass is 468 g/mol. The van der Waals surface area contributed by atoms with Crippen LogP contribution >= 0.6 is 11.8 Å². The summed E-state index contributed by atoms with van der Waals surface area (Å²) in [5, 5.41) is -1.19. The fourth-order valence-corrected chi connectivity index (χ4v) is 4.97. The highest BCUT2D eigenvalue weighted by atomic mass is 32.2. The normalized spacial score (nSPS) is 18.7. The summed E-state index contributed by atoms with van der Waals surface area (Å²) in [7, 11) is 0. The number of carbonyl (C=O) groups is 3. The van der Waals surface area contributed by atoms with E-state index in [1.165, 1.54) is 5.56 Å².